The Hall–Kier alpha value is -1.44. The van der Waals surface area contributed by atoms with Gasteiger partial charge in [0.1, 0.15) is 5.75 Å². The Balaban J connectivity index is 3.00. The van der Waals surface area contributed by atoms with Gasteiger partial charge in [-0.25, -0.2) is 0 Å². The third-order valence-electron chi connectivity index (χ3n) is 2.28. The van der Waals surface area contributed by atoms with Gasteiger partial charge in [0.2, 0.25) is 0 Å². The zero-order valence-corrected chi connectivity index (χ0v) is 8.57. The van der Waals surface area contributed by atoms with Gasteiger partial charge in [-0.05, 0) is 23.6 Å². The van der Waals surface area contributed by atoms with Gasteiger partial charge in [0.05, 0.1) is 5.76 Å². The summed E-state index contributed by atoms with van der Waals surface area (Å²) in [5.74, 6) is 0.637. The fraction of sp³-hybridized carbons (Fsp3) is 0.333. The monoisotopic (exact) mass is 192 g/mol. The zero-order chi connectivity index (χ0) is 10.7. The predicted octanol–water partition coefficient (Wildman–Crippen LogP) is 3.20. The Morgan fingerprint density at radius 3 is 2.07 bits per heavy atom. The second-order valence-electron chi connectivity index (χ2n) is 3.80. The minimum atomic E-state index is -0.0596. The molecule has 0 bridgehead atoms. The van der Waals surface area contributed by atoms with Crippen molar-refractivity contribution in [2.24, 2.45) is 5.92 Å². The van der Waals surface area contributed by atoms with Crippen LogP contribution in [0.15, 0.2) is 36.6 Å². The smallest absolute Gasteiger partial charge is 0.115 e. The molecule has 1 atom stereocenters. The van der Waals surface area contributed by atoms with Gasteiger partial charge in [0.25, 0.3) is 0 Å². The molecule has 0 spiro atoms. The summed E-state index contributed by atoms with van der Waals surface area (Å²) in [6.45, 7) is 7.62. The van der Waals surface area contributed by atoms with Gasteiger partial charge in [0.15, 0.2) is 0 Å². The number of aromatic hydroxyl groups is 1. The Morgan fingerprint density at radius 1 is 1.21 bits per heavy atom. The lowest BCUT2D eigenvalue weighted by atomic mass is 9.87. The molecule has 1 rings (SSSR count). The van der Waals surface area contributed by atoms with E-state index >= 15 is 0 Å². The van der Waals surface area contributed by atoms with Gasteiger partial charge in [-0.2, -0.15) is 0 Å². The second kappa shape index (κ2) is 4.18. The summed E-state index contributed by atoms with van der Waals surface area (Å²) < 4.78 is 0. The predicted molar refractivity (Wildman–Crippen MR) is 57.5 cm³/mol. The third kappa shape index (κ3) is 2.28. The lowest BCUT2D eigenvalue weighted by Crippen LogP contribution is -2.08. The molecule has 2 nitrogen and oxygen atoms in total. The first-order valence-electron chi connectivity index (χ1n) is 4.69. The molecule has 0 heterocycles. The van der Waals surface area contributed by atoms with Gasteiger partial charge in [-0.1, -0.05) is 32.6 Å². The van der Waals surface area contributed by atoms with E-state index in [1.807, 2.05) is 13.8 Å². The van der Waals surface area contributed by atoms with Crippen molar-refractivity contribution in [3.05, 3.63) is 42.2 Å². The first-order chi connectivity index (χ1) is 6.52. The Morgan fingerprint density at radius 2 is 1.71 bits per heavy atom. The first-order valence-corrected chi connectivity index (χ1v) is 4.69. The minimum Gasteiger partial charge on any atom is -0.512 e. The largest absolute Gasteiger partial charge is 0.512 e. The van der Waals surface area contributed by atoms with Crippen molar-refractivity contribution in [1.82, 2.24) is 0 Å². The third-order valence-corrected chi connectivity index (χ3v) is 2.28. The van der Waals surface area contributed by atoms with Crippen molar-refractivity contribution in [2.75, 3.05) is 0 Å². The molecule has 0 saturated carbocycles. The quantitative estimate of drug-likeness (QED) is 0.722. The molecule has 1 aromatic rings. The Labute approximate surface area is 84.5 Å². The second-order valence-corrected chi connectivity index (χ2v) is 3.80. The summed E-state index contributed by atoms with van der Waals surface area (Å²) in [7, 11) is 0. The molecule has 0 aliphatic carbocycles. The minimum absolute atomic E-state index is 0.0596. The molecule has 0 aromatic heterocycles. The molecule has 76 valence electrons. The molecule has 0 saturated heterocycles. The highest BCUT2D eigenvalue weighted by Gasteiger charge is 2.18. The molecule has 0 aliphatic rings. The molecule has 0 aliphatic heterocycles. The molecule has 1 aromatic carbocycles. The average molecular weight is 192 g/mol. The Bertz CT molecular complexity index is 312. The normalized spacial score (nSPS) is 12.8. The van der Waals surface area contributed by atoms with Crippen LogP contribution >= 0.6 is 0 Å². The number of rotatable bonds is 3. The SMILES string of the molecule is C=C(O)C(c1ccc(O)cc1)C(C)C. The number of phenols is 1. The summed E-state index contributed by atoms with van der Waals surface area (Å²) in [6.07, 6.45) is 0. The van der Waals surface area contributed by atoms with E-state index in [2.05, 4.69) is 6.58 Å². The van der Waals surface area contributed by atoms with E-state index in [1.165, 1.54) is 0 Å². The van der Waals surface area contributed by atoms with Crippen LogP contribution in [-0.4, -0.2) is 10.2 Å². The van der Waals surface area contributed by atoms with Crippen molar-refractivity contribution in [2.45, 2.75) is 19.8 Å². The topological polar surface area (TPSA) is 40.5 Å². The van der Waals surface area contributed by atoms with E-state index in [-0.39, 0.29) is 23.3 Å². The molecular weight excluding hydrogens is 176 g/mol. The summed E-state index contributed by atoms with van der Waals surface area (Å²) in [6, 6.07) is 6.85. The average Bonchev–Trinajstić information content (AvgIpc) is 2.07. The van der Waals surface area contributed by atoms with E-state index in [0.29, 0.717) is 0 Å². The van der Waals surface area contributed by atoms with E-state index in [9.17, 15) is 5.11 Å². The number of aliphatic hydroxyl groups excluding tert-OH is 1. The number of allylic oxidation sites excluding steroid dienone is 1. The van der Waals surface area contributed by atoms with Crippen LogP contribution < -0.4 is 0 Å². The fourth-order valence-corrected chi connectivity index (χ4v) is 1.64. The number of phenolic OH excluding ortho intramolecular Hbond substituents is 1. The summed E-state index contributed by atoms with van der Waals surface area (Å²) in [5.41, 5.74) is 0.977. The number of hydrogen-bond acceptors (Lipinski definition) is 2. The molecule has 2 heteroatoms. The fourth-order valence-electron chi connectivity index (χ4n) is 1.64. The van der Waals surface area contributed by atoms with Crippen molar-refractivity contribution < 1.29 is 10.2 Å². The van der Waals surface area contributed by atoms with E-state index in [1.54, 1.807) is 24.3 Å². The van der Waals surface area contributed by atoms with Gasteiger partial charge in [-0.3, -0.25) is 0 Å². The van der Waals surface area contributed by atoms with Crippen LogP contribution in [0.1, 0.15) is 25.3 Å². The lowest BCUT2D eigenvalue weighted by molar-refractivity contribution is 0.336. The van der Waals surface area contributed by atoms with Gasteiger partial charge < -0.3 is 10.2 Å². The molecule has 0 fully saturated rings. The maximum absolute atomic E-state index is 9.45. The molecule has 1 unspecified atom stereocenters. The highest BCUT2D eigenvalue weighted by molar-refractivity contribution is 5.31. The Kier molecular flexibility index (Phi) is 3.18. The van der Waals surface area contributed by atoms with E-state index in [4.69, 9.17) is 5.11 Å². The highest BCUT2D eigenvalue weighted by atomic mass is 16.3. The molecule has 2 N–H and O–H groups in total. The standard InChI is InChI=1S/C12H16O2/c1-8(2)12(9(3)13)10-4-6-11(14)7-5-10/h4-8,12-14H,3H2,1-2H3. The maximum Gasteiger partial charge on any atom is 0.115 e. The maximum atomic E-state index is 9.45. The van der Waals surface area contributed by atoms with Crippen LogP contribution in [-0.2, 0) is 0 Å². The van der Waals surface area contributed by atoms with Crippen molar-refractivity contribution >= 4 is 0 Å². The molecule has 14 heavy (non-hydrogen) atoms. The summed E-state index contributed by atoms with van der Waals surface area (Å²) >= 11 is 0. The molecule has 0 radical (unpaired) electrons. The van der Waals surface area contributed by atoms with Crippen molar-refractivity contribution in [3.8, 4) is 5.75 Å². The number of benzene rings is 1. The lowest BCUT2D eigenvalue weighted by Gasteiger charge is -2.19. The number of aliphatic hydroxyl groups is 1. The van der Waals surface area contributed by atoms with Crippen LogP contribution in [0, 0.1) is 5.92 Å². The summed E-state index contributed by atoms with van der Waals surface area (Å²) in [5, 5.41) is 18.6. The zero-order valence-electron chi connectivity index (χ0n) is 8.57. The van der Waals surface area contributed by atoms with E-state index in [0.717, 1.165) is 5.56 Å². The number of hydrogen-bond donors (Lipinski definition) is 2. The van der Waals surface area contributed by atoms with Crippen LogP contribution in [0.4, 0.5) is 0 Å². The molecule has 0 amide bonds. The van der Waals surface area contributed by atoms with Crippen molar-refractivity contribution in [3.63, 3.8) is 0 Å². The van der Waals surface area contributed by atoms with Crippen LogP contribution in [0.25, 0.3) is 0 Å². The summed E-state index contributed by atoms with van der Waals surface area (Å²) in [4.78, 5) is 0. The van der Waals surface area contributed by atoms with Crippen LogP contribution in [0.2, 0.25) is 0 Å². The van der Waals surface area contributed by atoms with Crippen molar-refractivity contribution in [1.29, 1.82) is 0 Å². The van der Waals surface area contributed by atoms with Crippen LogP contribution in [0.3, 0.4) is 0 Å². The van der Waals surface area contributed by atoms with Gasteiger partial charge in [0, 0.05) is 5.92 Å². The van der Waals surface area contributed by atoms with Crippen LogP contribution in [0.5, 0.6) is 5.75 Å². The highest BCUT2D eigenvalue weighted by Crippen LogP contribution is 2.30. The van der Waals surface area contributed by atoms with E-state index < -0.39 is 0 Å². The van der Waals surface area contributed by atoms with Gasteiger partial charge in [-0.15, -0.1) is 0 Å². The first kappa shape index (κ1) is 10.6. The van der Waals surface area contributed by atoms with Gasteiger partial charge >= 0.3 is 0 Å². The molecular formula is C12H16O2.